The Bertz CT molecular complexity index is 192. The third-order valence-electron chi connectivity index (χ3n) is 3.56. The van der Waals surface area contributed by atoms with Gasteiger partial charge >= 0.3 is 0 Å². The Morgan fingerprint density at radius 2 is 1.83 bits per heavy atom. The predicted octanol–water partition coefficient (Wildman–Crippen LogP) is -0.506. The zero-order valence-corrected chi connectivity index (χ0v) is 7.16. The molecule has 3 aliphatic rings. The van der Waals surface area contributed by atoms with Crippen molar-refractivity contribution in [3.63, 3.8) is 0 Å². The smallest absolute Gasteiger partial charge is 0.0663 e. The second-order valence-electron chi connectivity index (χ2n) is 4.17. The lowest BCUT2D eigenvalue weighted by atomic mass is 9.79. The maximum Gasteiger partial charge on any atom is 0.0663 e. The van der Waals surface area contributed by atoms with E-state index in [-0.39, 0.29) is 0 Å². The molecule has 0 radical (unpaired) electrons. The molecule has 3 rings (SSSR count). The Morgan fingerprint density at radius 1 is 1.00 bits per heavy atom. The Hall–Kier alpha value is -0.410. The zero-order chi connectivity index (χ0) is 7.97. The second-order valence-corrected chi connectivity index (χ2v) is 4.17. The highest BCUT2D eigenvalue weighted by molar-refractivity contribution is 5.64. The molecule has 0 saturated carbocycles. The molecule has 66 valence electrons. The van der Waals surface area contributed by atoms with Crippen LogP contribution in [0.4, 0.5) is 0 Å². The van der Waals surface area contributed by atoms with Crippen LogP contribution in [0.25, 0.3) is 0 Å². The number of hydrogen-bond donors (Lipinski definition) is 2. The normalized spacial score (nSPS) is 50.7. The first-order valence-electron chi connectivity index (χ1n) is 4.90. The molecule has 0 bridgehead atoms. The van der Waals surface area contributed by atoms with Crippen LogP contribution in [0.2, 0.25) is 0 Å². The van der Waals surface area contributed by atoms with Crippen LogP contribution in [-0.2, 0) is 0 Å². The third-order valence-corrected chi connectivity index (χ3v) is 3.56. The summed E-state index contributed by atoms with van der Waals surface area (Å²) in [5.41, 5.74) is 0. The highest BCUT2D eigenvalue weighted by Crippen LogP contribution is 2.33. The largest absolute Gasteiger partial charge is 0.316 e. The van der Waals surface area contributed by atoms with Gasteiger partial charge in [0.15, 0.2) is 0 Å². The molecule has 3 heteroatoms. The van der Waals surface area contributed by atoms with Gasteiger partial charge in [-0.2, -0.15) is 0 Å². The van der Waals surface area contributed by atoms with Gasteiger partial charge in [0.25, 0.3) is 0 Å². The molecule has 2 fully saturated rings. The molecule has 0 amide bonds. The molecule has 4 atom stereocenters. The van der Waals surface area contributed by atoms with E-state index >= 15 is 0 Å². The number of hydrogen-bond acceptors (Lipinski definition) is 3. The quantitative estimate of drug-likeness (QED) is 0.507. The Labute approximate surface area is 72.6 Å². The lowest BCUT2D eigenvalue weighted by Crippen LogP contribution is -2.35. The summed E-state index contributed by atoms with van der Waals surface area (Å²) in [6, 6.07) is 0.589. The van der Waals surface area contributed by atoms with Gasteiger partial charge in [0.05, 0.1) is 6.04 Å². The molecule has 2 saturated heterocycles. The minimum atomic E-state index is 0.589. The fourth-order valence-electron chi connectivity index (χ4n) is 2.86. The summed E-state index contributed by atoms with van der Waals surface area (Å²) in [5, 5.41) is 6.89. The number of nitrogens with one attached hydrogen (secondary N) is 2. The van der Waals surface area contributed by atoms with Crippen molar-refractivity contribution in [3.8, 4) is 0 Å². The van der Waals surface area contributed by atoms with Crippen LogP contribution >= 0.6 is 0 Å². The van der Waals surface area contributed by atoms with E-state index in [1.54, 1.807) is 0 Å². The van der Waals surface area contributed by atoms with E-state index in [0.29, 0.717) is 6.04 Å². The third kappa shape index (κ3) is 0.866. The van der Waals surface area contributed by atoms with E-state index in [1.165, 1.54) is 13.1 Å². The lowest BCUT2D eigenvalue weighted by Gasteiger charge is -2.29. The highest BCUT2D eigenvalue weighted by Gasteiger charge is 2.41. The summed E-state index contributed by atoms with van der Waals surface area (Å²) >= 11 is 0. The van der Waals surface area contributed by atoms with Gasteiger partial charge in [0.2, 0.25) is 0 Å². The Morgan fingerprint density at radius 3 is 2.83 bits per heavy atom. The summed E-state index contributed by atoms with van der Waals surface area (Å²) < 4.78 is 0. The van der Waals surface area contributed by atoms with Crippen molar-refractivity contribution < 1.29 is 0 Å². The van der Waals surface area contributed by atoms with Gasteiger partial charge in [-0.1, -0.05) is 0 Å². The lowest BCUT2D eigenvalue weighted by molar-refractivity contribution is 0.309. The molecule has 0 aliphatic carbocycles. The summed E-state index contributed by atoms with van der Waals surface area (Å²) in [5.74, 6) is 2.41. The molecule has 3 aliphatic heterocycles. The molecule has 0 aromatic heterocycles. The van der Waals surface area contributed by atoms with Crippen molar-refractivity contribution in [1.82, 2.24) is 10.6 Å². The van der Waals surface area contributed by atoms with Gasteiger partial charge in [-0.3, -0.25) is 4.99 Å². The zero-order valence-electron chi connectivity index (χ0n) is 7.16. The number of aliphatic imine (C=N–C) groups is 1. The fraction of sp³-hybridized carbons (Fsp3) is 0.889. The summed E-state index contributed by atoms with van der Waals surface area (Å²) in [4.78, 5) is 4.61. The van der Waals surface area contributed by atoms with Gasteiger partial charge < -0.3 is 10.6 Å². The van der Waals surface area contributed by atoms with E-state index in [0.717, 1.165) is 30.8 Å². The van der Waals surface area contributed by atoms with Crippen LogP contribution in [0, 0.1) is 17.8 Å². The van der Waals surface area contributed by atoms with Crippen molar-refractivity contribution >= 4 is 6.21 Å². The van der Waals surface area contributed by atoms with Crippen molar-refractivity contribution in [2.45, 2.75) is 6.04 Å². The van der Waals surface area contributed by atoms with Crippen LogP contribution < -0.4 is 10.6 Å². The maximum absolute atomic E-state index is 4.61. The van der Waals surface area contributed by atoms with E-state index in [2.05, 4.69) is 21.8 Å². The van der Waals surface area contributed by atoms with Crippen LogP contribution in [0.3, 0.4) is 0 Å². The first-order chi connectivity index (χ1) is 5.95. The predicted molar refractivity (Wildman–Crippen MR) is 48.5 cm³/mol. The average molecular weight is 165 g/mol. The van der Waals surface area contributed by atoms with Crippen molar-refractivity contribution in [1.29, 1.82) is 0 Å². The molecule has 0 aromatic rings. The van der Waals surface area contributed by atoms with Crippen LogP contribution in [0.5, 0.6) is 0 Å². The van der Waals surface area contributed by atoms with Gasteiger partial charge in [-0.05, 0) is 18.4 Å². The fourth-order valence-corrected chi connectivity index (χ4v) is 2.86. The second kappa shape index (κ2) is 2.54. The first kappa shape index (κ1) is 7.04. The Kier molecular flexibility index (Phi) is 1.49. The maximum atomic E-state index is 4.61. The monoisotopic (exact) mass is 165 g/mol. The highest BCUT2D eigenvalue weighted by atomic mass is 15.0. The topological polar surface area (TPSA) is 36.4 Å². The Balaban J connectivity index is 1.89. The molecule has 3 nitrogen and oxygen atoms in total. The van der Waals surface area contributed by atoms with Gasteiger partial charge in [-0.25, -0.2) is 0 Å². The summed E-state index contributed by atoms with van der Waals surface area (Å²) in [7, 11) is 0. The van der Waals surface area contributed by atoms with Gasteiger partial charge in [-0.15, -0.1) is 0 Å². The van der Waals surface area contributed by atoms with Crippen molar-refractivity contribution in [3.05, 3.63) is 0 Å². The summed E-state index contributed by atoms with van der Waals surface area (Å²) in [6.07, 6.45) is 2.19. The molecule has 0 spiro atoms. The standard InChI is InChI=1S/C9H15N3/c1-6-2-12-9-5-11-4-8(9)7(6)3-10-1/h2,6-11H,1,3-5H2. The van der Waals surface area contributed by atoms with E-state index < -0.39 is 0 Å². The molecule has 12 heavy (non-hydrogen) atoms. The van der Waals surface area contributed by atoms with Crippen LogP contribution in [0.1, 0.15) is 0 Å². The minimum absolute atomic E-state index is 0.589. The van der Waals surface area contributed by atoms with Crippen LogP contribution in [-0.4, -0.2) is 38.4 Å². The molecule has 4 unspecified atom stereocenters. The molecule has 2 N–H and O–H groups in total. The molecule has 3 heterocycles. The molecular formula is C9H15N3. The first-order valence-corrected chi connectivity index (χ1v) is 4.90. The SMILES string of the molecule is C1=NC2CNCC2C2CNCC12. The van der Waals surface area contributed by atoms with E-state index in [9.17, 15) is 0 Å². The summed E-state index contributed by atoms with van der Waals surface area (Å²) in [6.45, 7) is 4.64. The van der Waals surface area contributed by atoms with Gasteiger partial charge in [0.1, 0.15) is 0 Å². The van der Waals surface area contributed by atoms with Crippen molar-refractivity contribution in [2.24, 2.45) is 22.7 Å². The van der Waals surface area contributed by atoms with E-state index in [4.69, 9.17) is 0 Å². The average Bonchev–Trinajstić information content (AvgIpc) is 2.71. The molecule has 0 aromatic carbocycles. The minimum Gasteiger partial charge on any atom is -0.316 e. The van der Waals surface area contributed by atoms with Crippen molar-refractivity contribution in [2.75, 3.05) is 26.2 Å². The number of fused-ring (bicyclic) bond motifs is 3. The van der Waals surface area contributed by atoms with Gasteiger partial charge in [0, 0.05) is 31.8 Å². The number of rotatable bonds is 0. The van der Waals surface area contributed by atoms with E-state index in [1.807, 2.05) is 0 Å². The number of nitrogens with zero attached hydrogens (tertiary/aromatic N) is 1. The van der Waals surface area contributed by atoms with Crippen LogP contribution in [0.15, 0.2) is 4.99 Å². The molecular weight excluding hydrogens is 150 g/mol.